The van der Waals surface area contributed by atoms with Crippen LogP contribution in [0.5, 0.6) is 0 Å². The maximum atomic E-state index is 5.80. The molecule has 2 aliphatic carbocycles. The second-order valence-electron chi connectivity index (χ2n) is 17.1. The molecule has 50 heavy (non-hydrogen) atoms. The summed E-state index contributed by atoms with van der Waals surface area (Å²) in [6.07, 6.45) is 14.3. The van der Waals surface area contributed by atoms with Crippen LogP contribution in [0.1, 0.15) is 110 Å². The molecule has 266 valence electrons. The van der Waals surface area contributed by atoms with Crippen LogP contribution in [-0.2, 0) is 35.5 Å². The summed E-state index contributed by atoms with van der Waals surface area (Å²) in [5.74, 6) is 0. The van der Waals surface area contributed by atoms with Crippen molar-refractivity contribution in [3.05, 3.63) is 123 Å². The number of allylic oxidation sites excluding steroid dienone is 4. The van der Waals surface area contributed by atoms with Gasteiger partial charge in [-0.15, -0.1) is 24.8 Å². The fraction of sp³-hybridized carbons (Fsp3) is 0.383. The molecule has 0 atom stereocenters. The number of unbranched alkanes of at least 4 members (excludes halogenated alkanes) is 2. The Morgan fingerprint density at radius 2 is 1.20 bits per heavy atom. The van der Waals surface area contributed by atoms with E-state index in [0.717, 1.165) is 12.8 Å². The van der Waals surface area contributed by atoms with Crippen molar-refractivity contribution < 1.29 is 18.3 Å². The van der Waals surface area contributed by atoms with Crippen molar-refractivity contribution in [2.24, 2.45) is 0 Å². The average Bonchev–Trinajstić information content (AvgIpc) is 3.74. The van der Waals surface area contributed by atoms with Gasteiger partial charge in [0.25, 0.3) is 0 Å². The first-order chi connectivity index (χ1) is 22.8. The Kier molecular flexibility index (Phi) is 12.4. The summed E-state index contributed by atoms with van der Waals surface area (Å²) in [5, 5.41) is 0. The minimum atomic E-state index is -4.23. The summed E-state index contributed by atoms with van der Waals surface area (Å²) < 4.78 is 11.8. The van der Waals surface area contributed by atoms with Crippen molar-refractivity contribution >= 4 is 32.3 Å². The van der Waals surface area contributed by atoms with E-state index in [1.165, 1.54) is 84.0 Å². The van der Waals surface area contributed by atoms with Gasteiger partial charge in [0.05, 0.1) is 0 Å². The third-order valence-corrected chi connectivity index (χ3v) is 28.9. The molecule has 4 aromatic carbocycles. The van der Waals surface area contributed by atoms with E-state index in [-0.39, 0.29) is 35.6 Å². The van der Waals surface area contributed by atoms with E-state index in [4.69, 9.17) is 4.21 Å². The topological polar surface area (TPSA) is 0 Å². The number of fused-ring (bicyclic) bond motifs is 3. The van der Waals surface area contributed by atoms with E-state index in [9.17, 15) is 0 Å². The van der Waals surface area contributed by atoms with Gasteiger partial charge in [0.1, 0.15) is 0 Å². The maximum absolute atomic E-state index is 5.80. The third-order valence-electron chi connectivity index (χ3n) is 11.6. The molecule has 0 fully saturated rings. The van der Waals surface area contributed by atoms with E-state index >= 15 is 0 Å². The molecule has 0 saturated carbocycles. The molecule has 0 amide bonds. The monoisotopic (exact) mass is 784 g/mol. The van der Waals surface area contributed by atoms with Crippen molar-refractivity contribution in [2.75, 3.05) is 0 Å². The van der Waals surface area contributed by atoms with E-state index < -0.39 is 18.3 Å². The number of hydrogen-bond acceptors (Lipinski definition) is 0. The summed E-state index contributed by atoms with van der Waals surface area (Å²) >= 11 is -4.23. The Hall–Kier alpha value is -2.31. The Morgan fingerprint density at radius 1 is 0.660 bits per heavy atom. The molecule has 0 nitrogen and oxygen atoms in total. The Bertz CT molecular complexity index is 1930. The number of halogens is 2. The van der Waals surface area contributed by atoms with E-state index in [0.29, 0.717) is 0 Å². The summed E-state index contributed by atoms with van der Waals surface area (Å²) in [4.78, 5) is 0. The van der Waals surface area contributed by atoms with Crippen LogP contribution in [0.4, 0.5) is 0 Å². The van der Waals surface area contributed by atoms with Crippen LogP contribution in [0.2, 0.25) is 8.26 Å². The molecule has 0 heterocycles. The summed E-state index contributed by atoms with van der Waals surface area (Å²) in [5.41, 5.74) is 14.5. The van der Waals surface area contributed by atoms with Crippen LogP contribution in [0.25, 0.3) is 33.4 Å². The number of hydrogen-bond donors (Lipinski definition) is 0. The molecule has 0 spiro atoms. The van der Waals surface area contributed by atoms with Crippen molar-refractivity contribution in [3.63, 3.8) is 0 Å². The molecule has 0 saturated heterocycles. The van der Waals surface area contributed by atoms with Crippen LogP contribution in [-0.4, -0.2) is 4.21 Å². The van der Waals surface area contributed by atoms with Gasteiger partial charge < -0.3 is 0 Å². The molecular formula is C47H60Cl2Zr. The molecule has 0 unspecified atom stereocenters. The zero-order valence-corrected chi connectivity index (χ0v) is 36.0. The molecule has 0 radical (unpaired) electrons. The molecule has 0 bridgehead atoms. The van der Waals surface area contributed by atoms with Crippen LogP contribution < -0.4 is 3.27 Å². The molecular weight excluding hydrogens is 727 g/mol. The molecule has 3 heteroatoms. The average molecular weight is 787 g/mol. The zero-order chi connectivity index (χ0) is 34.3. The normalized spacial score (nSPS) is 14.1. The SMILES string of the molecule is Cl.Cl.[CH2]=[Zr]([CH2]CCC)([CH2]CCC)([C]1=CC=CC1)[c]1c2c(cc(C(C)(C)C)c1-c1ccccc1)-c1cc(C(C)(C)C)c(-c3ccccc3)cc1C2. The first kappa shape index (κ1) is 40.5. The Morgan fingerprint density at radius 3 is 1.70 bits per heavy atom. The second-order valence-corrected chi connectivity index (χ2v) is 31.9. The van der Waals surface area contributed by atoms with Gasteiger partial charge in [-0.25, -0.2) is 0 Å². The van der Waals surface area contributed by atoms with Gasteiger partial charge in [-0.1, -0.05) is 0 Å². The molecule has 2 aliphatic rings. The van der Waals surface area contributed by atoms with Gasteiger partial charge in [0, 0.05) is 0 Å². The van der Waals surface area contributed by atoms with Crippen LogP contribution >= 0.6 is 24.8 Å². The van der Waals surface area contributed by atoms with Gasteiger partial charge >= 0.3 is 295 Å². The fourth-order valence-corrected chi connectivity index (χ4v) is 26.9. The Balaban J connectivity index is 0.00000281. The van der Waals surface area contributed by atoms with Crippen molar-refractivity contribution in [1.29, 1.82) is 0 Å². The molecule has 0 aliphatic heterocycles. The molecule has 0 N–H and O–H groups in total. The Labute approximate surface area is 317 Å². The van der Waals surface area contributed by atoms with Gasteiger partial charge in [0.15, 0.2) is 0 Å². The zero-order valence-electron chi connectivity index (χ0n) is 31.9. The summed E-state index contributed by atoms with van der Waals surface area (Å²) in [6, 6.07) is 30.3. The van der Waals surface area contributed by atoms with Gasteiger partial charge in [0.2, 0.25) is 0 Å². The van der Waals surface area contributed by atoms with Crippen LogP contribution in [0.15, 0.2) is 100 Å². The second kappa shape index (κ2) is 15.4. The summed E-state index contributed by atoms with van der Waals surface area (Å²) in [7, 11) is 0. The predicted molar refractivity (Wildman–Crippen MR) is 225 cm³/mol. The third kappa shape index (κ3) is 7.19. The van der Waals surface area contributed by atoms with Crippen molar-refractivity contribution in [1.82, 2.24) is 0 Å². The molecule has 4 aromatic rings. The quantitative estimate of drug-likeness (QED) is 0.132. The standard InChI is InChI=1S/C33H33.C5H5.2C4H9.CH2.2ClH.Zr/c1-32(2,3)30-20-26-24(18-28(30)22-13-9-7-10-14-22)17-25-19-29(23-15-11-8-12-16-23)31(21-27(25)26)33(4,5)6;1-2-4-5-3-1;2*1-3-4-2;;;;/h7-16,18,20-21H,17H2,1-6H3;1-3H,4H2;2*1,3-4H2,2H3;1H2;2*1H;. The van der Waals surface area contributed by atoms with E-state index in [2.05, 4.69) is 152 Å². The van der Waals surface area contributed by atoms with Crippen molar-refractivity contribution in [2.45, 2.75) is 113 Å². The first-order valence-corrected chi connectivity index (χ1v) is 26.4. The minimum absolute atomic E-state index is 0. The van der Waals surface area contributed by atoms with E-state index in [1.54, 1.807) is 12.1 Å². The van der Waals surface area contributed by atoms with Crippen molar-refractivity contribution in [3.8, 4) is 33.4 Å². The number of benzene rings is 4. The van der Waals surface area contributed by atoms with Gasteiger partial charge in [-0.05, 0) is 0 Å². The predicted octanol–water partition coefficient (Wildman–Crippen LogP) is 14.1. The summed E-state index contributed by atoms with van der Waals surface area (Å²) in [6.45, 7) is 19.2. The van der Waals surface area contributed by atoms with Gasteiger partial charge in [-0.3, -0.25) is 0 Å². The fourth-order valence-electron chi connectivity index (χ4n) is 9.07. The van der Waals surface area contributed by atoms with Crippen LogP contribution in [0, 0.1) is 0 Å². The van der Waals surface area contributed by atoms with Gasteiger partial charge in [-0.2, -0.15) is 0 Å². The molecule has 0 aromatic heterocycles. The van der Waals surface area contributed by atoms with E-state index in [1.807, 2.05) is 0 Å². The van der Waals surface area contributed by atoms with Crippen LogP contribution in [0.3, 0.4) is 0 Å². The number of rotatable bonds is 10. The molecule has 6 rings (SSSR count). The first-order valence-electron chi connectivity index (χ1n) is 18.7.